The molecule has 1 aliphatic rings. The highest BCUT2D eigenvalue weighted by Crippen LogP contribution is 2.42. The largest absolute Gasteiger partial charge is 0.496 e. The van der Waals surface area contributed by atoms with E-state index in [9.17, 15) is 0 Å². The van der Waals surface area contributed by atoms with E-state index in [1.54, 1.807) is 25.6 Å². The van der Waals surface area contributed by atoms with Gasteiger partial charge in [-0.05, 0) is 23.6 Å². The van der Waals surface area contributed by atoms with Gasteiger partial charge in [-0.1, -0.05) is 12.1 Å². The Morgan fingerprint density at radius 1 is 1.05 bits per heavy atom. The van der Waals surface area contributed by atoms with Gasteiger partial charge in [-0.2, -0.15) is 0 Å². The maximum Gasteiger partial charge on any atom is 0.127 e. The molecule has 0 spiro atoms. The van der Waals surface area contributed by atoms with E-state index in [1.807, 2.05) is 18.2 Å². The van der Waals surface area contributed by atoms with E-state index in [-0.39, 0.29) is 6.04 Å². The SMILES string of the molecule is COc1cccc(OC)c1[C@H](c1cccs1)N1CCNCC1. The highest BCUT2D eigenvalue weighted by Gasteiger charge is 2.29. The first-order valence-corrected chi connectivity index (χ1v) is 8.42. The monoisotopic (exact) mass is 318 g/mol. The van der Waals surface area contributed by atoms with Crippen molar-refractivity contribution in [3.8, 4) is 11.5 Å². The molecule has 1 aromatic heterocycles. The highest BCUT2D eigenvalue weighted by molar-refractivity contribution is 7.10. The summed E-state index contributed by atoms with van der Waals surface area (Å²) in [6.07, 6.45) is 0. The van der Waals surface area contributed by atoms with Crippen molar-refractivity contribution in [2.75, 3.05) is 40.4 Å². The van der Waals surface area contributed by atoms with Crippen molar-refractivity contribution in [1.29, 1.82) is 0 Å². The van der Waals surface area contributed by atoms with Gasteiger partial charge in [0.25, 0.3) is 0 Å². The number of thiophene rings is 1. The van der Waals surface area contributed by atoms with E-state index in [4.69, 9.17) is 9.47 Å². The van der Waals surface area contributed by atoms with Gasteiger partial charge < -0.3 is 14.8 Å². The third-order valence-electron chi connectivity index (χ3n) is 4.07. The lowest BCUT2D eigenvalue weighted by Crippen LogP contribution is -2.45. The Morgan fingerprint density at radius 2 is 1.73 bits per heavy atom. The van der Waals surface area contributed by atoms with E-state index in [1.165, 1.54) is 4.88 Å². The van der Waals surface area contributed by atoms with Gasteiger partial charge in [0.05, 0.1) is 25.8 Å². The van der Waals surface area contributed by atoms with Gasteiger partial charge in [-0.3, -0.25) is 4.90 Å². The lowest BCUT2D eigenvalue weighted by atomic mass is 10.00. The van der Waals surface area contributed by atoms with Crippen molar-refractivity contribution >= 4 is 11.3 Å². The Morgan fingerprint density at radius 3 is 2.27 bits per heavy atom. The molecular formula is C17H22N2O2S. The van der Waals surface area contributed by atoms with E-state index in [2.05, 4.69) is 27.7 Å². The van der Waals surface area contributed by atoms with Gasteiger partial charge in [0.15, 0.2) is 0 Å². The molecule has 2 heterocycles. The van der Waals surface area contributed by atoms with Crippen molar-refractivity contribution < 1.29 is 9.47 Å². The van der Waals surface area contributed by atoms with Gasteiger partial charge in [-0.25, -0.2) is 0 Å². The minimum atomic E-state index is 0.174. The average Bonchev–Trinajstić information content (AvgIpc) is 3.10. The molecule has 1 aliphatic heterocycles. The summed E-state index contributed by atoms with van der Waals surface area (Å²) in [5.74, 6) is 1.77. The third-order valence-corrected chi connectivity index (χ3v) is 4.99. The molecule has 0 unspecified atom stereocenters. The summed E-state index contributed by atoms with van der Waals surface area (Å²) in [5.41, 5.74) is 1.12. The standard InChI is InChI=1S/C17H22N2O2S/c1-20-13-5-3-6-14(21-2)16(13)17(15-7-4-12-22-15)19-10-8-18-9-11-19/h3-7,12,17-18H,8-11H2,1-2H3/t17-/m0/s1. The van der Waals surface area contributed by atoms with Gasteiger partial charge in [0.1, 0.15) is 11.5 Å². The van der Waals surface area contributed by atoms with Gasteiger partial charge in [0.2, 0.25) is 0 Å². The summed E-state index contributed by atoms with van der Waals surface area (Å²) in [4.78, 5) is 3.83. The Balaban J connectivity index is 2.09. The molecule has 2 aromatic rings. The average molecular weight is 318 g/mol. The van der Waals surface area contributed by atoms with Crippen LogP contribution < -0.4 is 14.8 Å². The van der Waals surface area contributed by atoms with Crippen LogP contribution in [0.1, 0.15) is 16.5 Å². The van der Waals surface area contributed by atoms with Crippen LogP contribution in [0, 0.1) is 0 Å². The Labute approximate surface area is 135 Å². The molecule has 0 radical (unpaired) electrons. The van der Waals surface area contributed by atoms with Crippen LogP contribution in [0.4, 0.5) is 0 Å². The van der Waals surface area contributed by atoms with Crippen molar-refractivity contribution in [2.45, 2.75) is 6.04 Å². The summed E-state index contributed by atoms with van der Waals surface area (Å²) < 4.78 is 11.3. The Bertz CT molecular complexity index is 572. The van der Waals surface area contributed by atoms with Gasteiger partial charge in [0, 0.05) is 31.1 Å². The zero-order valence-corrected chi connectivity index (χ0v) is 13.9. The number of ether oxygens (including phenoxy) is 2. The molecule has 3 rings (SSSR count). The number of piperazine rings is 1. The fourth-order valence-electron chi connectivity index (χ4n) is 3.04. The second kappa shape index (κ2) is 7.13. The molecule has 1 saturated heterocycles. The summed E-state index contributed by atoms with van der Waals surface area (Å²) >= 11 is 1.78. The van der Waals surface area contributed by atoms with Crippen LogP contribution in [0.3, 0.4) is 0 Å². The first-order chi connectivity index (χ1) is 10.8. The number of hydrogen-bond acceptors (Lipinski definition) is 5. The molecule has 22 heavy (non-hydrogen) atoms. The van der Waals surface area contributed by atoms with Crippen LogP contribution in [0.5, 0.6) is 11.5 Å². The fraction of sp³-hybridized carbons (Fsp3) is 0.412. The maximum atomic E-state index is 5.64. The molecule has 0 amide bonds. The lowest BCUT2D eigenvalue weighted by molar-refractivity contribution is 0.194. The third kappa shape index (κ3) is 2.97. The molecule has 5 heteroatoms. The zero-order chi connectivity index (χ0) is 15.4. The van der Waals surface area contributed by atoms with Crippen molar-refractivity contribution in [3.05, 3.63) is 46.2 Å². The smallest absolute Gasteiger partial charge is 0.127 e. The minimum Gasteiger partial charge on any atom is -0.496 e. The zero-order valence-electron chi connectivity index (χ0n) is 13.0. The van der Waals surface area contributed by atoms with E-state index in [0.717, 1.165) is 43.2 Å². The first-order valence-electron chi connectivity index (χ1n) is 7.54. The molecule has 0 bridgehead atoms. The fourth-order valence-corrected chi connectivity index (χ4v) is 3.91. The maximum absolute atomic E-state index is 5.64. The second-order valence-electron chi connectivity index (χ2n) is 5.28. The Kier molecular flexibility index (Phi) is 4.97. The second-order valence-corrected chi connectivity index (χ2v) is 6.26. The predicted octanol–water partition coefficient (Wildman–Crippen LogP) is 2.76. The molecule has 1 atom stereocenters. The minimum absolute atomic E-state index is 0.174. The number of benzene rings is 1. The van der Waals surface area contributed by atoms with Crippen LogP contribution in [-0.4, -0.2) is 45.3 Å². The van der Waals surface area contributed by atoms with Crippen molar-refractivity contribution in [1.82, 2.24) is 10.2 Å². The highest BCUT2D eigenvalue weighted by atomic mass is 32.1. The molecule has 118 valence electrons. The topological polar surface area (TPSA) is 33.7 Å². The van der Waals surface area contributed by atoms with Gasteiger partial charge in [-0.15, -0.1) is 11.3 Å². The van der Waals surface area contributed by atoms with Crippen LogP contribution in [-0.2, 0) is 0 Å². The van der Waals surface area contributed by atoms with E-state index < -0.39 is 0 Å². The molecule has 0 saturated carbocycles. The molecule has 4 nitrogen and oxygen atoms in total. The number of methoxy groups -OCH3 is 2. The van der Waals surface area contributed by atoms with Gasteiger partial charge >= 0.3 is 0 Å². The normalized spacial score (nSPS) is 17.2. The van der Waals surface area contributed by atoms with Crippen molar-refractivity contribution in [2.24, 2.45) is 0 Å². The van der Waals surface area contributed by atoms with Crippen LogP contribution in [0.25, 0.3) is 0 Å². The Hall–Kier alpha value is -1.56. The van der Waals surface area contributed by atoms with Crippen LogP contribution in [0.2, 0.25) is 0 Å². The molecule has 1 N–H and O–H groups in total. The summed E-state index contributed by atoms with van der Waals surface area (Å²) in [6.45, 7) is 4.06. The molecular weight excluding hydrogens is 296 g/mol. The summed E-state index contributed by atoms with van der Waals surface area (Å²) in [7, 11) is 3.45. The lowest BCUT2D eigenvalue weighted by Gasteiger charge is -2.35. The number of nitrogens with zero attached hydrogens (tertiary/aromatic N) is 1. The first kappa shape index (κ1) is 15.3. The van der Waals surface area contributed by atoms with E-state index in [0.29, 0.717) is 0 Å². The number of nitrogens with one attached hydrogen (secondary N) is 1. The van der Waals surface area contributed by atoms with Crippen molar-refractivity contribution in [3.63, 3.8) is 0 Å². The molecule has 1 aromatic carbocycles. The summed E-state index contributed by atoms with van der Waals surface area (Å²) in [5, 5.41) is 5.55. The van der Waals surface area contributed by atoms with E-state index >= 15 is 0 Å². The molecule has 0 aliphatic carbocycles. The number of rotatable bonds is 5. The van der Waals surface area contributed by atoms with Crippen LogP contribution in [0.15, 0.2) is 35.7 Å². The number of hydrogen-bond donors (Lipinski definition) is 1. The predicted molar refractivity (Wildman–Crippen MR) is 90.2 cm³/mol. The quantitative estimate of drug-likeness (QED) is 0.919. The van der Waals surface area contributed by atoms with Crippen LogP contribution >= 0.6 is 11.3 Å². The molecule has 1 fully saturated rings. The summed E-state index contributed by atoms with van der Waals surface area (Å²) in [6, 6.07) is 10.5.